The number of guanidine groups is 1. The van der Waals surface area contributed by atoms with Crippen LogP contribution in [0.25, 0.3) is 0 Å². The van der Waals surface area contributed by atoms with Gasteiger partial charge in [0.1, 0.15) is 0 Å². The van der Waals surface area contributed by atoms with E-state index in [0.717, 1.165) is 46.0 Å². The highest BCUT2D eigenvalue weighted by Crippen LogP contribution is 2.18. The molecule has 1 aromatic heterocycles. The second-order valence-corrected chi connectivity index (χ2v) is 8.47. The Balaban J connectivity index is 1.92. The molecular weight excluding hydrogens is 412 g/mol. The standard InChI is InChI=1S/C26H34N6O/c1-8-32-20(5)23(19(4)30-32)16-27-26(28-24-14-17(2)12-13-18(24)3)29-25(33)21-10-9-11-22(15-21)31(6)7/h9-15H,8,16H2,1-7H3,(H2,27,28,29,33). The van der Waals surface area contributed by atoms with Crippen LogP contribution in [0.4, 0.5) is 11.4 Å². The number of carbonyl (C=O) groups is 1. The maximum Gasteiger partial charge on any atom is 0.258 e. The minimum absolute atomic E-state index is 0.215. The van der Waals surface area contributed by atoms with Crippen molar-refractivity contribution in [3.05, 3.63) is 76.1 Å². The van der Waals surface area contributed by atoms with Crippen LogP contribution >= 0.6 is 0 Å². The number of anilines is 2. The summed E-state index contributed by atoms with van der Waals surface area (Å²) >= 11 is 0. The van der Waals surface area contributed by atoms with Crippen LogP contribution < -0.4 is 15.5 Å². The van der Waals surface area contributed by atoms with Gasteiger partial charge in [-0.15, -0.1) is 0 Å². The van der Waals surface area contributed by atoms with Crippen LogP contribution in [0.5, 0.6) is 0 Å². The van der Waals surface area contributed by atoms with Gasteiger partial charge in [-0.05, 0) is 70.0 Å². The van der Waals surface area contributed by atoms with Gasteiger partial charge in [0, 0.05) is 48.8 Å². The van der Waals surface area contributed by atoms with E-state index < -0.39 is 0 Å². The van der Waals surface area contributed by atoms with E-state index in [-0.39, 0.29) is 5.91 Å². The molecule has 7 nitrogen and oxygen atoms in total. The van der Waals surface area contributed by atoms with Crippen molar-refractivity contribution in [1.29, 1.82) is 0 Å². The van der Waals surface area contributed by atoms with E-state index in [0.29, 0.717) is 18.1 Å². The largest absolute Gasteiger partial charge is 0.378 e. The first kappa shape index (κ1) is 24.0. The van der Waals surface area contributed by atoms with Gasteiger partial charge in [-0.2, -0.15) is 5.10 Å². The number of rotatable bonds is 6. The van der Waals surface area contributed by atoms with Crippen molar-refractivity contribution < 1.29 is 4.79 Å². The van der Waals surface area contributed by atoms with Gasteiger partial charge in [0.2, 0.25) is 5.96 Å². The summed E-state index contributed by atoms with van der Waals surface area (Å²) in [7, 11) is 3.90. The quantitative estimate of drug-likeness (QED) is 0.429. The number of aromatic nitrogens is 2. The number of hydrogen-bond acceptors (Lipinski definition) is 4. The van der Waals surface area contributed by atoms with E-state index >= 15 is 0 Å². The Bertz CT molecular complexity index is 1180. The molecule has 0 unspecified atom stereocenters. The summed E-state index contributed by atoms with van der Waals surface area (Å²) in [5, 5.41) is 10.9. The number of hydrogen-bond donors (Lipinski definition) is 2. The molecule has 0 spiro atoms. The van der Waals surface area contributed by atoms with E-state index in [4.69, 9.17) is 4.99 Å². The number of amides is 1. The predicted molar refractivity (Wildman–Crippen MR) is 136 cm³/mol. The molecule has 0 bridgehead atoms. The van der Waals surface area contributed by atoms with Gasteiger partial charge in [0.15, 0.2) is 0 Å². The normalized spacial score (nSPS) is 11.4. The molecule has 33 heavy (non-hydrogen) atoms. The Labute approximate surface area is 196 Å². The Hall–Kier alpha value is -3.61. The number of benzene rings is 2. The van der Waals surface area contributed by atoms with Crippen molar-refractivity contribution in [1.82, 2.24) is 15.1 Å². The van der Waals surface area contributed by atoms with E-state index in [1.54, 1.807) is 6.07 Å². The zero-order chi connectivity index (χ0) is 24.1. The van der Waals surface area contributed by atoms with Gasteiger partial charge in [-0.25, -0.2) is 4.99 Å². The van der Waals surface area contributed by atoms with Crippen molar-refractivity contribution in [3.8, 4) is 0 Å². The Kier molecular flexibility index (Phi) is 7.53. The lowest BCUT2D eigenvalue weighted by Crippen LogP contribution is -2.36. The molecule has 2 N–H and O–H groups in total. The number of nitrogens with one attached hydrogen (secondary N) is 2. The van der Waals surface area contributed by atoms with Crippen molar-refractivity contribution in [3.63, 3.8) is 0 Å². The molecule has 3 rings (SSSR count). The summed E-state index contributed by atoms with van der Waals surface area (Å²) in [6.07, 6.45) is 0. The third-order valence-corrected chi connectivity index (χ3v) is 5.73. The molecule has 0 aliphatic heterocycles. The third kappa shape index (κ3) is 5.80. The smallest absolute Gasteiger partial charge is 0.258 e. The van der Waals surface area contributed by atoms with Crippen LogP contribution in [0.1, 0.15) is 45.4 Å². The highest BCUT2D eigenvalue weighted by atomic mass is 16.1. The summed E-state index contributed by atoms with van der Waals surface area (Å²) < 4.78 is 1.98. The molecule has 0 aliphatic carbocycles. The van der Waals surface area contributed by atoms with Crippen LogP contribution in [0.2, 0.25) is 0 Å². The van der Waals surface area contributed by atoms with Crippen LogP contribution in [0.15, 0.2) is 47.5 Å². The molecule has 0 saturated carbocycles. The summed E-state index contributed by atoms with van der Waals surface area (Å²) in [6, 6.07) is 13.7. The Morgan fingerprint density at radius 3 is 2.52 bits per heavy atom. The van der Waals surface area contributed by atoms with Crippen molar-refractivity contribution in [2.75, 3.05) is 24.3 Å². The second-order valence-electron chi connectivity index (χ2n) is 8.47. The van der Waals surface area contributed by atoms with Crippen LogP contribution in [0.3, 0.4) is 0 Å². The van der Waals surface area contributed by atoms with Gasteiger partial charge in [0.05, 0.1) is 12.2 Å². The van der Waals surface area contributed by atoms with Crippen molar-refractivity contribution in [2.45, 2.75) is 47.7 Å². The molecule has 0 atom stereocenters. The third-order valence-electron chi connectivity index (χ3n) is 5.73. The Morgan fingerprint density at radius 1 is 1.09 bits per heavy atom. The average Bonchev–Trinajstić information content (AvgIpc) is 3.07. The molecule has 1 amide bonds. The number of aryl methyl sites for hydroxylation is 4. The molecule has 0 fully saturated rings. The lowest BCUT2D eigenvalue weighted by molar-refractivity contribution is 0.0977. The summed E-state index contributed by atoms with van der Waals surface area (Å²) in [4.78, 5) is 19.8. The van der Waals surface area contributed by atoms with Gasteiger partial charge in [-0.1, -0.05) is 18.2 Å². The van der Waals surface area contributed by atoms with Gasteiger partial charge in [-0.3, -0.25) is 14.8 Å². The lowest BCUT2D eigenvalue weighted by atomic mass is 10.1. The number of aliphatic imine (C=N–C) groups is 1. The van der Waals surface area contributed by atoms with E-state index in [2.05, 4.69) is 47.8 Å². The molecule has 0 saturated heterocycles. The molecule has 1 heterocycles. The minimum atomic E-state index is -0.215. The molecule has 7 heteroatoms. The van der Waals surface area contributed by atoms with Crippen LogP contribution in [0, 0.1) is 27.7 Å². The fraction of sp³-hybridized carbons (Fsp3) is 0.346. The maximum absolute atomic E-state index is 13.1. The minimum Gasteiger partial charge on any atom is -0.378 e. The van der Waals surface area contributed by atoms with Crippen molar-refractivity contribution >= 4 is 23.2 Å². The fourth-order valence-corrected chi connectivity index (χ4v) is 3.64. The van der Waals surface area contributed by atoms with Gasteiger partial charge >= 0.3 is 0 Å². The SMILES string of the molecule is CCn1nc(C)c(CN=C(NC(=O)c2cccc(N(C)C)c2)Nc2cc(C)ccc2C)c1C. The summed E-state index contributed by atoms with van der Waals surface area (Å²) in [5.74, 6) is 0.194. The molecule has 174 valence electrons. The number of nitrogens with zero attached hydrogens (tertiary/aromatic N) is 4. The fourth-order valence-electron chi connectivity index (χ4n) is 3.64. The molecule has 0 radical (unpaired) electrons. The first-order valence-electron chi connectivity index (χ1n) is 11.2. The van der Waals surface area contributed by atoms with Crippen LogP contribution in [-0.4, -0.2) is 35.7 Å². The first-order chi connectivity index (χ1) is 15.7. The second kappa shape index (κ2) is 10.3. The predicted octanol–water partition coefficient (Wildman–Crippen LogP) is 4.60. The van der Waals surface area contributed by atoms with Crippen molar-refractivity contribution in [2.24, 2.45) is 4.99 Å². The molecular formula is C26H34N6O. The Morgan fingerprint density at radius 2 is 1.85 bits per heavy atom. The summed E-state index contributed by atoms with van der Waals surface area (Å²) in [6.45, 7) is 11.4. The maximum atomic E-state index is 13.1. The summed E-state index contributed by atoms with van der Waals surface area (Å²) in [5.41, 5.74) is 7.76. The highest BCUT2D eigenvalue weighted by Gasteiger charge is 2.14. The topological polar surface area (TPSA) is 74.5 Å². The lowest BCUT2D eigenvalue weighted by Gasteiger charge is -2.16. The van der Waals surface area contributed by atoms with E-state index in [9.17, 15) is 4.79 Å². The average molecular weight is 447 g/mol. The van der Waals surface area contributed by atoms with Gasteiger partial charge in [0.25, 0.3) is 5.91 Å². The van der Waals surface area contributed by atoms with E-state index in [1.165, 1.54) is 0 Å². The van der Waals surface area contributed by atoms with E-state index in [1.807, 2.05) is 62.6 Å². The first-order valence-corrected chi connectivity index (χ1v) is 11.2. The molecule has 0 aliphatic rings. The number of carbonyl (C=O) groups excluding carboxylic acids is 1. The molecule has 2 aromatic carbocycles. The van der Waals surface area contributed by atoms with Crippen LogP contribution in [-0.2, 0) is 13.1 Å². The monoisotopic (exact) mass is 446 g/mol. The zero-order valence-corrected chi connectivity index (χ0v) is 20.7. The van der Waals surface area contributed by atoms with Gasteiger partial charge < -0.3 is 10.2 Å². The zero-order valence-electron chi connectivity index (χ0n) is 20.7. The molecule has 3 aromatic rings. The highest BCUT2D eigenvalue weighted by molar-refractivity contribution is 6.10.